The van der Waals surface area contributed by atoms with Crippen molar-refractivity contribution in [3.8, 4) is 0 Å². The molecule has 2 nitrogen and oxygen atoms in total. The summed E-state index contributed by atoms with van der Waals surface area (Å²) in [6.45, 7) is 2.11. The van der Waals surface area contributed by atoms with Crippen LogP contribution >= 0.6 is 15.9 Å². The third-order valence-electron chi connectivity index (χ3n) is 3.85. The van der Waals surface area contributed by atoms with Gasteiger partial charge in [-0.1, -0.05) is 64.5 Å². The van der Waals surface area contributed by atoms with Crippen LogP contribution in [0.4, 0.5) is 0 Å². The number of hydrazine groups is 1. The van der Waals surface area contributed by atoms with Crippen molar-refractivity contribution in [2.24, 2.45) is 5.84 Å². The van der Waals surface area contributed by atoms with Gasteiger partial charge in [-0.3, -0.25) is 5.84 Å². The molecule has 0 aromatic heterocycles. The first-order chi connectivity index (χ1) is 10.2. The maximum atomic E-state index is 5.88. The highest BCUT2D eigenvalue weighted by molar-refractivity contribution is 9.10. The van der Waals surface area contributed by atoms with Gasteiger partial charge in [0, 0.05) is 4.47 Å². The summed E-state index contributed by atoms with van der Waals surface area (Å²) in [6, 6.07) is 21.0. The van der Waals surface area contributed by atoms with Gasteiger partial charge in [0.25, 0.3) is 0 Å². The summed E-state index contributed by atoms with van der Waals surface area (Å²) in [5.41, 5.74) is 6.57. The Kier molecular flexibility index (Phi) is 4.06. The third-order valence-corrected chi connectivity index (χ3v) is 4.35. The largest absolute Gasteiger partial charge is 0.271 e. The zero-order valence-corrected chi connectivity index (χ0v) is 13.4. The first kappa shape index (κ1) is 14.3. The summed E-state index contributed by atoms with van der Waals surface area (Å²) in [5, 5.41) is 2.45. The van der Waals surface area contributed by atoms with Crippen LogP contribution in [-0.4, -0.2) is 0 Å². The molecule has 0 saturated heterocycles. The molecule has 0 amide bonds. The van der Waals surface area contributed by atoms with Crippen molar-refractivity contribution >= 4 is 26.7 Å². The van der Waals surface area contributed by atoms with Crippen LogP contribution in [0.15, 0.2) is 65.1 Å². The molecule has 0 aliphatic carbocycles. The van der Waals surface area contributed by atoms with Gasteiger partial charge in [0.2, 0.25) is 0 Å². The second kappa shape index (κ2) is 5.98. The topological polar surface area (TPSA) is 38.0 Å². The van der Waals surface area contributed by atoms with Crippen LogP contribution in [-0.2, 0) is 0 Å². The minimum Gasteiger partial charge on any atom is -0.271 e. The lowest BCUT2D eigenvalue weighted by Gasteiger charge is -2.21. The maximum Gasteiger partial charge on any atom is 0.0719 e. The quantitative estimate of drug-likeness (QED) is 0.545. The number of nitrogens with one attached hydrogen (secondary N) is 1. The number of aryl methyl sites for hydroxylation is 1. The molecule has 1 unspecified atom stereocenters. The van der Waals surface area contributed by atoms with E-state index in [1.54, 1.807) is 0 Å². The molecule has 3 N–H and O–H groups in total. The van der Waals surface area contributed by atoms with Crippen molar-refractivity contribution in [1.29, 1.82) is 0 Å². The molecular formula is C18H17BrN2. The van der Waals surface area contributed by atoms with Gasteiger partial charge in [-0.2, -0.15) is 0 Å². The molecule has 3 heteroatoms. The summed E-state index contributed by atoms with van der Waals surface area (Å²) >= 11 is 3.55. The first-order valence-corrected chi connectivity index (χ1v) is 7.70. The fourth-order valence-corrected chi connectivity index (χ4v) is 3.15. The van der Waals surface area contributed by atoms with E-state index in [4.69, 9.17) is 5.84 Å². The van der Waals surface area contributed by atoms with E-state index in [0.29, 0.717) is 0 Å². The fourth-order valence-electron chi connectivity index (χ4n) is 2.77. The summed E-state index contributed by atoms with van der Waals surface area (Å²) < 4.78 is 1.06. The first-order valence-electron chi connectivity index (χ1n) is 6.90. The number of rotatable bonds is 3. The van der Waals surface area contributed by atoms with Gasteiger partial charge < -0.3 is 0 Å². The Labute approximate surface area is 133 Å². The third kappa shape index (κ3) is 2.72. The van der Waals surface area contributed by atoms with Crippen LogP contribution in [0.3, 0.4) is 0 Å². The lowest BCUT2D eigenvalue weighted by Crippen LogP contribution is -2.29. The second-order valence-corrected chi connectivity index (χ2v) is 6.08. The standard InChI is InChI=1S/C18H17BrN2/c1-12-9-10-14(19)11-17(12)18(21-20)16-8-4-6-13-5-2-3-7-15(13)16/h2-11,18,21H,20H2,1H3. The number of hydrogen-bond donors (Lipinski definition) is 2. The molecule has 0 spiro atoms. The smallest absolute Gasteiger partial charge is 0.0719 e. The second-order valence-electron chi connectivity index (χ2n) is 5.17. The van der Waals surface area contributed by atoms with Crippen molar-refractivity contribution in [2.45, 2.75) is 13.0 Å². The van der Waals surface area contributed by atoms with E-state index in [2.05, 4.69) is 88.9 Å². The van der Waals surface area contributed by atoms with Gasteiger partial charge in [-0.25, -0.2) is 5.43 Å². The monoisotopic (exact) mass is 340 g/mol. The van der Waals surface area contributed by atoms with E-state index >= 15 is 0 Å². The van der Waals surface area contributed by atoms with Crippen molar-refractivity contribution in [1.82, 2.24) is 5.43 Å². The molecule has 3 aromatic rings. The van der Waals surface area contributed by atoms with Crippen LogP contribution in [0, 0.1) is 6.92 Å². The minimum absolute atomic E-state index is 0.0337. The Balaban J connectivity index is 2.21. The number of hydrogen-bond acceptors (Lipinski definition) is 2. The lowest BCUT2D eigenvalue weighted by molar-refractivity contribution is 0.637. The van der Waals surface area contributed by atoms with E-state index in [-0.39, 0.29) is 6.04 Å². The van der Waals surface area contributed by atoms with Crippen molar-refractivity contribution < 1.29 is 0 Å². The highest BCUT2D eigenvalue weighted by Crippen LogP contribution is 2.31. The SMILES string of the molecule is Cc1ccc(Br)cc1C(NN)c1cccc2ccccc12. The molecule has 0 saturated carbocycles. The molecule has 1 atom stereocenters. The van der Waals surface area contributed by atoms with E-state index in [0.717, 1.165) is 4.47 Å². The van der Waals surface area contributed by atoms with Gasteiger partial charge in [-0.15, -0.1) is 0 Å². The van der Waals surface area contributed by atoms with Gasteiger partial charge >= 0.3 is 0 Å². The van der Waals surface area contributed by atoms with Gasteiger partial charge in [-0.05, 0) is 46.5 Å². The Hall–Kier alpha value is -1.68. The zero-order chi connectivity index (χ0) is 14.8. The molecule has 106 valence electrons. The summed E-state index contributed by atoms with van der Waals surface area (Å²) in [4.78, 5) is 0. The molecule has 0 aliphatic heterocycles. The Morgan fingerprint density at radius 3 is 2.52 bits per heavy atom. The van der Waals surface area contributed by atoms with Gasteiger partial charge in [0.1, 0.15) is 0 Å². The summed E-state index contributed by atoms with van der Waals surface area (Å²) in [6.07, 6.45) is 0. The average Bonchev–Trinajstić information content (AvgIpc) is 2.51. The highest BCUT2D eigenvalue weighted by atomic mass is 79.9. The number of benzene rings is 3. The van der Waals surface area contributed by atoms with E-state index in [1.807, 2.05) is 0 Å². The van der Waals surface area contributed by atoms with E-state index in [1.165, 1.54) is 27.5 Å². The van der Waals surface area contributed by atoms with Gasteiger partial charge in [0.15, 0.2) is 0 Å². The molecule has 0 radical (unpaired) electrons. The lowest BCUT2D eigenvalue weighted by atomic mass is 9.92. The van der Waals surface area contributed by atoms with Crippen LogP contribution in [0.5, 0.6) is 0 Å². The molecule has 0 aliphatic rings. The Bertz CT molecular complexity index is 778. The van der Waals surface area contributed by atoms with Gasteiger partial charge in [0.05, 0.1) is 6.04 Å². The minimum atomic E-state index is -0.0337. The molecule has 3 rings (SSSR count). The molecule has 0 fully saturated rings. The predicted molar refractivity (Wildman–Crippen MR) is 92.0 cm³/mol. The van der Waals surface area contributed by atoms with Crippen LogP contribution in [0.25, 0.3) is 10.8 Å². The molecule has 3 aromatic carbocycles. The molecular weight excluding hydrogens is 324 g/mol. The number of halogens is 1. The normalized spacial score (nSPS) is 12.5. The molecule has 0 heterocycles. The molecule has 21 heavy (non-hydrogen) atoms. The number of nitrogens with two attached hydrogens (primary N) is 1. The van der Waals surface area contributed by atoms with Crippen molar-refractivity contribution in [2.75, 3.05) is 0 Å². The van der Waals surface area contributed by atoms with Crippen molar-refractivity contribution in [3.63, 3.8) is 0 Å². The van der Waals surface area contributed by atoms with Crippen LogP contribution in [0.1, 0.15) is 22.7 Å². The summed E-state index contributed by atoms with van der Waals surface area (Å²) in [7, 11) is 0. The predicted octanol–water partition coefficient (Wildman–Crippen LogP) is 4.46. The fraction of sp³-hybridized carbons (Fsp3) is 0.111. The average molecular weight is 341 g/mol. The Morgan fingerprint density at radius 1 is 0.952 bits per heavy atom. The van der Waals surface area contributed by atoms with Crippen LogP contribution in [0.2, 0.25) is 0 Å². The highest BCUT2D eigenvalue weighted by Gasteiger charge is 2.17. The molecule has 0 bridgehead atoms. The van der Waals surface area contributed by atoms with E-state index < -0.39 is 0 Å². The van der Waals surface area contributed by atoms with Crippen LogP contribution < -0.4 is 11.3 Å². The number of fused-ring (bicyclic) bond motifs is 1. The maximum absolute atomic E-state index is 5.88. The van der Waals surface area contributed by atoms with E-state index in [9.17, 15) is 0 Å². The summed E-state index contributed by atoms with van der Waals surface area (Å²) in [5.74, 6) is 5.88. The van der Waals surface area contributed by atoms with Crippen molar-refractivity contribution in [3.05, 3.63) is 81.8 Å². The Morgan fingerprint density at radius 2 is 1.71 bits per heavy atom. The zero-order valence-electron chi connectivity index (χ0n) is 11.8.